The van der Waals surface area contributed by atoms with Gasteiger partial charge in [-0.05, 0) is 31.2 Å². The Morgan fingerprint density at radius 3 is 2.65 bits per heavy atom. The van der Waals surface area contributed by atoms with Gasteiger partial charge in [-0.3, -0.25) is 4.79 Å². The number of methoxy groups -OCH3 is 1. The first-order chi connectivity index (χ1) is 11.1. The number of amides is 1. The Balaban J connectivity index is 1.87. The average Bonchev–Trinajstić information content (AvgIpc) is 3.04. The smallest absolute Gasteiger partial charge is 0.396 e. The van der Waals surface area contributed by atoms with Crippen LogP contribution >= 0.6 is 0 Å². The molecule has 0 radical (unpaired) electrons. The summed E-state index contributed by atoms with van der Waals surface area (Å²) in [4.78, 5) is 26.7. The predicted octanol–water partition coefficient (Wildman–Crippen LogP) is 0.967. The lowest BCUT2D eigenvalue weighted by Crippen LogP contribution is -2.33. The van der Waals surface area contributed by atoms with Crippen molar-refractivity contribution in [3.05, 3.63) is 30.2 Å². The van der Waals surface area contributed by atoms with E-state index in [0.717, 1.165) is 11.3 Å². The van der Waals surface area contributed by atoms with Crippen molar-refractivity contribution in [1.29, 1.82) is 0 Å². The summed E-state index contributed by atoms with van der Waals surface area (Å²) in [5, 5.41) is 6.30. The maximum Gasteiger partial charge on any atom is 0.396 e. The van der Waals surface area contributed by atoms with Crippen molar-refractivity contribution in [3.8, 4) is 17.1 Å². The van der Waals surface area contributed by atoms with E-state index in [4.69, 9.17) is 9.26 Å². The standard InChI is InChI=1S/C15H17N3O5/c1-3-22-15(20)14(19)16-9-8-12-17-13(18-23-12)10-4-6-11(21-2)7-5-10/h4-7H,3,8-9H2,1-2H3,(H,16,19). The van der Waals surface area contributed by atoms with Gasteiger partial charge in [0.1, 0.15) is 5.75 Å². The molecule has 0 saturated carbocycles. The van der Waals surface area contributed by atoms with Crippen molar-refractivity contribution in [2.75, 3.05) is 20.3 Å². The lowest BCUT2D eigenvalue weighted by molar-refractivity contribution is -0.154. The predicted molar refractivity (Wildman–Crippen MR) is 79.6 cm³/mol. The van der Waals surface area contributed by atoms with Crippen molar-refractivity contribution in [3.63, 3.8) is 0 Å². The topological polar surface area (TPSA) is 104 Å². The van der Waals surface area contributed by atoms with Gasteiger partial charge in [-0.1, -0.05) is 5.16 Å². The van der Waals surface area contributed by atoms with Crippen LogP contribution in [0.2, 0.25) is 0 Å². The van der Waals surface area contributed by atoms with E-state index in [0.29, 0.717) is 18.1 Å². The zero-order chi connectivity index (χ0) is 16.7. The number of ether oxygens (including phenoxy) is 2. The van der Waals surface area contributed by atoms with Gasteiger partial charge in [-0.2, -0.15) is 4.98 Å². The summed E-state index contributed by atoms with van der Waals surface area (Å²) in [6.07, 6.45) is 0.314. The fraction of sp³-hybridized carbons (Fsp3) is 0.333. The van der Waals surface area contributed by atoms with Crippen LogP contribution < -0.4 is 10.1 Å². The van der Waals surface area contributed by atoms with Crippen LogP contribution in [0.3, 0.4) is 0 Å². The second-order valence-electron chi connectivity index (χ2n) is 4.47. The second kappa shape index (κ2) is 7.92. The average molecular weight is 319 g/mol. The van der Waals surface area contributed by atoms with Crippen LogP contribution in [0.5, 0.6) is 5.75 Å². The molecule has 23 heavy (non-hydrogen) atoms. The molecular weight excluding hydrogens is 302 g/mol. The molecule has 0 aliphatic heterocycles. The van der Waals surface area contributed by atoms with Crippen molar-refractivity contribution < 1.29 is 23.6 Å². The molecule has 0 atom stereocenters. The number of hydrogen-bond donors (Lipinski definition) is 1. The summed E-state index contributed by atoms with van der Waals surface area (Å²) in [6.45, 7) is 1.98. The van der Waals surface area contributed by atoms with E-state index in [-0.39, 0.29) is 13.2 Å². The lowest BCUT2D eigenvalue weighted by Gasteiger charge is -2.02. The maximum absolute atomic E-state index is 11.3. The molecule has 1 heterocycles. The van der Waals surface area contributed by atoms with Crippen LogP contribution in [0, 0.1) is 0 Å². The number of carbonyl (C=O) groups is 2. The van der Waals surface area contributed by atoms with Crippen LogP contribution in [0.25, 0.3) is 11.4 Å². The van der Waals surface area contributed by atoms with Crippen LogP contribution in [-0.4, -0.2) is 42.3 Å². The number of benzene rings is 1. The van der Waals surface area contributed by atoms with Crippen molar-refractivity contribution in [2.45, 2.75) is 13.3 Å². The minimum absolute atomic E-state index is 0.154. The van der Waals surface area contributed by atoms with E-state index in [1.807, 2.05) is 12.1 Å². The first-order valence-electron chi connectivity index (χ1n) is 7.06. The molecule has 8 heteroatoms. The highest BCUT2D eigenvalue weighted by Crippen LogP contribution is 2.19. The van der Waals surface area contributed by atoms with Gasteiger partial charge in [0.2, 0.25) is 11.7 Å². The third-order valence-corrected chi connectivity index (χ3v) is 2.90. The Hall–Kier alpha value is -2.90. The third kappa shape index (κ3) is 4.53. The summed E-state index contributed by atoms with van der Waals surface area (Å²) in [5.41, 5.74) is 0.788. The van der Waals surface area contributed by atoms with Crippen LogP contribution in [-0.2, 0) is 20.7 Å². The minimum atomic E-state index is -0.906. The zero-order valence-corrected chi connectivity index (χ0v) is 12.9. The monoisotopic (exact) mass is 319 g/mol. The Morgan fingerprint density at radius 2 is 2.00 bits per heavy atom. The molecule has 1 N–H and O–H groups in total. The zero-order valence-electron chi connectivity index (χ0n) is 12.9. The Morgan fingerprint density at radius 1 is 1.26 bits per heavy atom. The van der Waals surface area contributed by atoms with E-state index in [1.165, 1.54) is 0 Å². The summed E-state index contributed by atoms with van der Waals surface area (Å²) < 4.78 is 14.8. The molecule has 0 aliphatic rings. The Kier molecular flexibility index (Phi) is 5.67. The van der Waals surface area contributed by atoms with Gasteiger partial charge in [-0.15, -0.1) is 0 Å². The van der Waals surface area contributed by atoms with Gasteiger partial charge in [0.15, 0.2) is 0 Å². The molecule has 2 aromatic rings. The summed E-state index contributed by atoms with van der Waals surface area (Å²) in [6, 6.07) is 7.22. The molecule has 0 bridgehead atoms. The van der Waals surface area contributed by atoms with Gasteiger partial charge >= 0.3 is 11.9 Å². The molecule has 0 aliphatic carbocycles. The van der Waals surface area contributed by atoms with E-state index in [1.54, 1.807) is 26.2 Å². The fourth-order valence-electron chi connectivity index (χ4n) is 1.77. The van der Waals surface area contributed by atoms with Crippen LogP contribution in [0.4, 0.5) is 0 Å². The number of esters is 1. The minimum Gasteiger partial charge on any atom is -0.497 e. The molecule has 0 saturated heterocycles. The quantitative estimate of drug-likeness (QED) is 0.625. The molecule has 1 aromatic carbocycles. The number of rotatable bonds is 6. The number of carbonyl (C=O) groups excluding carboxylic acids is 2. The molecule has 8 nitrogen and oxygen atoms in total. The normalized spacial score (nSPS) is 10.2. The first-order valence-corrected chi connectivity index (χ1v) is 7.06. The SMILES string of the molecule is CCOC(=O)C(=O)NCCc1nc(-c2ccc(OC)cc2)no1. The first kappa shape index (κ1) is 16.5. The number of aromatic nitrogens is 2. The van der Waals surface area contributed by atoms with E-state index < -0.39 is 11.9 Å². The highest BCUT2D eigenvalue weighted by atomic mass is 16.5. The largest absolute Gasteiger partial charge is 0.497 e. The summed E-state index contributed by atoms with van der Waals surface area (Å²) >= 11 is 0. The molecule has 1 amide bonds. The van der Waals surface area contributed by atoms with Gasteiger partial charge < -0.3 is 19.3 Å². The van der Waals surface area contributed by atoms with Crippen LogP contribution in [0.1, 0.15) is 12.8 Å². The van der Waals surface area contributed by atoms with Gasteiger partial charge in [0.05, 0.1) is 13.7 Å². The van der Waals surface area contributed by atoms with E-state index in [2.05, 4.69) is 20.2 Å². The summed E-state index contributed by atoms with van der Waals surface area (Å²) in [5.74, 6) is -0.155. The van der Waals surface area contributed by atoms with Gasteiger partial charge in [0.25, 0.3) is 0 Å². The molecule has 2 rings (SSSR count). The number of nitrogens with one attached hydrogen (secondary N) is 1. The maximum atomic E-state index is 11.3. The van der Waals surface area contributed by atoms with Crippen molar-refractivity contribution in [1.82, 2.24) is 15.5 Å². The number of nitrogens with zero attached hydrogens (tertiary/aromatic N) is 2. The fourth-order valence-corrected chi connectivity index (χ4v) is 1.77. The second-order valence-corrected chi connectivity index (χ2v) is 4.47. The van der Waals surface area contributed by atoms with Crippen molar-refractivity contribution in [2.24, 2.45) is 0 Å². The lowest BCUT2D eigenvalue weighted by atomic mass is 10.2. The van der Waals surface area contributed by atoms with E-state index >= 15 is 0 Å². The highest BCUT2D eigenvalue weighted by molar-refractivity contribution is 6.32. The van der Waals surface area contributed by atoms with Gasteiger partial charge in [-0.25, -0.2) is 4.79 Å². The molecule has 122 valence electrons. The number of hydrogen-bond acceptors (Lipinski definition) is 7. The van der Waals surface area contributed by atoms with Gasteiger partial charge in [0, 0.05) is 18.5 Å². The molecule has 0 spiro atoms. The summed E-state index contributed by atoms with van der Waals surface area (Å²) in [7, 11) is 1.59. The molecular formula is C15H17N3O5. The Labute approximate surface area is 132 Å². The molecule has 0 fully saturated rings. The van der Waals surface area contributed by atoms with Crippen molar-refractivity contribution >= 4 is 11.9 Å². The highest BCUT2D eigenvalue weighted by Gasteiger charge is 2.14. The molecule has 0 unspecified atom stereocenters. The third-order valence-electron chi connectivity index (χ3n) is 2.90. The molecule has 1 aromatic heterocycles. The van der Waals surface area contributed by atoms with Crippen LogP contribution in [0.15, 0.2) is 28.8 Å². The Bertz CT molecular complexity index is 666. The van der Waals surface area contributed by atoms with E-state index in [9.17, 15) is 9.59 Å².